The van der Waals surface area contributed by atoms with Gasteiger partial charge >= 0.3 is 6.18 Å². The third kappa shape index (κ3) is 3.06. The standard InChI is InChI=1S/C13H14F3N3/c14-13(15,16)12(10-4-2-1-3-5-10)19-7-6-18-9-11(19)8-17/h1-5,11-12,18H,6-7,9H2. The van der Waals surface area contributed by atoms with Crippen LogP contribution in [0.1, 0.15) is 11.6 Å². The van der Waals surface area contributed by atoms with Gasteiger partial charge in [0.1, 0.15) is 12.1 Å². The predicted octanol–water partition coefficient (Wildman–Crippen LogP) is 2.09. The number of nitriles is 1. The highest BCUT2D eigenvalue weighted by molar-refractivity contribution is 5.22. The number of rotatable bonds is 2. The van der Waals surface area contributed by atoms with Gasteiger partial charge in [-0.25, -0.2) is 0 Å². The summed E-state index contributed by atoms with van der Waals surface area (Å²) in [6.07, 6.45) is -4.40. The van der Waals surface area contributed by atoms with Crippen molar-refractivity contribution in [3.63, 3.8) is 0 Å². The van der Waals surface area contributed by atoms with E-state index >= 15 is 0 Å². The van der Waals surface area contributed by atoms with E-state index in [1.54, 1.807) is 18.2 Å². The smallest absolute Gasteiger partial charge is 0.313 e. The number of benzene rings is 1. The zero-order chi connectivity index (χ0) is 13.9. The van der Waals surface area contributed by atoms with Crippen LogP contribution >= 0.6 is 0 Å². The molecule has 1 saturated heterocycles. The molecule has 6 heteroatoms. The number of halogens is 3. The van der Waals surface area contributed by atoms with Crippen LogP contribution in [-0.2, 0) is 0 Å². The molecule has 1 aromatic carbocycles. The largest absolute Gasteiger partial charge is 0.408 e. The van der Waals surface area contributed by atoms with Crippen LogP contribution in [0.25, 0.3) is 0 Å². The highest BCUT2D eigenvalue weighted by Crippen LogP contribution is 2.38. The van der Waals surface area contributed by atoms with Gasteiger partial charge in [0.25, 0.3) is 0 Å². The number of hydrogen-bond donors (Lipinski definition) is 1. The van der Waals surface area contributed by atoms with Crippen LogP contribution in [0.2, 0.25) is 0 Å². The van der Waals surface area contributed by atoms with Crippen molar-refractivity contribution < 1.29 is 13.2 Å². The van der Waals surface area contributed by atoms with E-state index in [1.165, 1.54) is 17.0 Å². The fraction of sp³-hybridized carbons (Fsp3) is 0.462. The third-order valence-electron chi connectivity index (χ3n) is 3.19. The average molecular weight is 269 g/mol. The van der Waals surface area contributed by atoms with E-state index in [-0.39, 0.29) is 18.7 Å². The molecule has 1 aliphatic rings. The van der Waals surface area contributed by atoms with Crippen molar-refractivity contribution in [2.75, 3.05) is 19.6 Å². The van der Waals surface area contributed by atoms with Gasteiger partial charge in [0.05, 0.1) is 6.07 Å². The SMILES string of the molecule is N#CC1CNCCN1C(c1ccccc1)C(F)(F)F. The summed E-state index contributed by atoms with van der Waals surface area (Å²) in [4.78, 5) is 1.23. The zero-order valence-electron chi connectivity index (χ0n) is 10.2. The molecule has 0 bridgehead atoms. The molecule has 0 spiro atoms. The number of nitrogens with zero attached hydrogens (tertiary/aromatic N) is 2. The number of piperazine rings is 1. The summed E-state index contributed by atoms with van der Waals surface area (Å²) in [7, 11) is 0. The molecule has 2 rings (SSSR count). The minimum Gasteiger partial charge on any atom is -0.313 e. The Hall–Kier alpha value is -1.58. The second-order valence-electron chi connectivity index (χ2n) is 4.44. The van der Waals surface area contributed by atoms with Crippen LogP contribution in [0.3, 0.4) is 0 Å². The molecular formula is C13H14F3N3. The Bertz CT molecular complexity index is 452. The predicted molar refractivity (Wildman–Crippen MR) is 64.2 cm³/mol. The van der Waals surface area contributed by atoms with E-state index in [9.17, 15) is 13.2 Å². The maximum Gasteiger partial charge on any atom is 0.408 e. The van der Waals surface area contributed by atoms with Gasteiger partial charge in [0.2, 0.25) is 0 Å². The molecule has 1 aromatic rings. The van der Waals surface area contributed by atoms with Crippen molar-refractivity contribution in [2.24, 2.45) is 0 Å². The Kier molecular flexibility index (Phi) is 4.08. The number of alkyl halides is 3. The van der Waals surface area contributed by atoms with Gasteiger partial charge in [-0.05, 0) is 5.56 Å². The minimum absolute atomic E-state index is 0.178. The Morgan fingerprint density at radius 2 is 2.00 bits per heavy atom. The molecule has 0 aromatic heterocycles. The summed E-state index contributed by atoms with van der Waals surface area (Å²) in [5.74, 6) is 0. The molecule has 0 aliphatic carbocycles. The molecular weight excluding hydrogens is 255 g/mol. The van der Waals surface area contributed by atoms with E-state index in [0.717, 1.165) is 0 Å². The summed E-state index contributed by atoms with van der Waals surface area (Å²) in [6.45, 7) is 0.921. The Balaban J connectivity index is 2.36. The normalized spacial score (nSPS) is 22.7. The summed E-state index contributed by atoms with van der Waals surface area (Å²) in [5.41, 5.74) is 0.178. The lowest BCUT2D eigenvalue weighted by atomic mass is 10.0. The molecule has 0 radical (unpaired) electrons. The summed E-state index contributed by atoms with van der Waals surface area (Å²) in [5, 5.41) is 12.0. The van der Waals surface area contributed by atoms with Gasteiger partial charge < -0.3 is 5.32 Å². The lowest BCUT2D eigenvalue weighted by Gasteiger charge is -2.39. The molecule has 1 N–H and O–H groups in total. The van der Waals surface area contributed by atoms with E-state index in [1.807, 2.05) is 6.07 Å². The van der Waals surface area contributed by atoms with Crippen LogP contribution in [0.15, 0.2) is 30.3 Å². The molecule has 0 amide bonds. The molecule has 2 unspecified atom stereocenters. The summed E-state index contributed by atoms with van der Waals surface area (Å²) in [6, 6.07) is 7.20. The topological polar surface area (TPSA) is 39.1 Å². The van der Waals surface area contributed by atoms with Crippen molar-refractivity contribution in [1.29, 1.82) is 5.26 Å². The van der Waals surface area contributed by atoms with Crippen LogP contribution in [0.4, 0.5) is 13.2 Å². The van der Waals surface area contributed by atoms with E-state index in [4.69, 9.17) is 5.26 Å². The fourth-order valence-electron chi connectivity index (χ4n) is 2.35. The first-order valence-electron chi connectivity index (χ1n) is 6.02. The fourth-order valence-corrected chi connectivity index (χ4v) is 2.35. The van der Waals surface area contributed by atoms with Crippen LogP contribution in [0, 0.1) is 11.3 Å². The van der Waals surface area contributed by atoms with Crippen molar-refractivity contribution in [2.45, 2.75) is 18.3 Å². The Morgan fingerprint density at radius 1 is 1.32 bits per heavy atom. The van der Waals surface area contributed by atoms with Crippen molar-refractivity contribution >= 4 is 0 Å². The molecule has 1 fully saturated rings. The van der Waals surface area contributed by atoms with Crippen LogP contribution < -0.4 is 5.32 Å². The first-order chi connectivity index (χ1) is 9.04. The Labute approximate surface area is 109 Å². The quantitative estimate of drug-likeness (QED) is 0.893. The highest BCUT2D eigenvalue weighted by atomic mass is 19.4. The van der Waals surface area contributed by atoms with Gasteiger partial charge in [-0.1, -0.05) is 30.3 Å². The van der Waals surface area contributed by atoms with Crippen LogP contribution in [-0.4, -0.2) is 36.8 Å². The van der Waals surface area contributed by atoms with E-state index in [2.05, 4.69) is 5.32 Å². The zero-order valence-corrected chi connectivity index (χ0v) is 10.2. The maximum absolute atomic E-state index is 13.3. The van der Waals surface area contributed by atoms with Gasteiger partial charge in [-0.3, -0.25) is 4.90 Å². The van der Waals surface area contributed by atoms with Gasteiger partial charge in [-0.15, -0.1) is 0 Å². The van der Waals surface area contributed by atoms with E-state index in [0.29, 0.717) is 6.54 Å². The Morgan fingerprint density at radius 3 is 2.58 bits per heavy atom. The van der Waals surface area contributed by atoms with Gasteiger partial charge in [-0.2, -0.15) is 18.4 Å². The van der Waals surface area contributed by atoms with Crippen molar-refractivity contribution in [1.82, 2.24) is 10.2 Å². The molecule has 1 heterocycles. The monoisotopic (exact) mass is 269 g/mol. The first kappa shape index (κ1) is 13.8. The van der Waals surface area contributed by atoms with Crippen molar-refractivity contribution in [3.8, 4) is 6.07 Å². The molecule has 1 aliphatic heterocycles. The average Bonchev–Trinajstić information content (AvgIpc) is 2.39. The molecule has 19 heavy (non-hydrogen) atoms. The lowest BCUT2D eigenvalue weighted by molar-refractivity contribution is -0.191. The summed E-state index contributed by atoms with van der Waals surface area (Å²) < 4.78 is 40.0. The number of hydrogen-bond acceptors (Lipinski definition) is 3. The second kappa shape index (κ2) is 5.59. The van der Waals surface area contributed by atoms with Crippen molar-refractivity contribution in [3.05, 3.63) is 35.9 Å². The minimum atomic E-state index is -4.40. The lowest BCUT2D eigenvalue weighted by Crippen LogP contribution is -2.54. The first-order valence-corrected chi connectivity index (χ1v) is 6.02. The summed E-state index contributed by atoms with van der Waals surface area (Å²) >= 11 is 0. The molecule has 102 valence electrons. The maximum atomic E-state index is 13.3. The molecule has 2 atom stereocenters. The van der Waals surface area contributed by atoms with Gasteiger partial charge in [0.15, 0.2) is 0 Å². The number of nitrogens with one attached hydrogen (secondary N) is 1. The highest BCUT2D eigenvalue weighted by Gasteiger charge is 2.47. The molecule has 3 nitrogen and oxygen atoms in total. The van der Waals surface area contributed by atoms with Crippen LogP contribution in [0.5, 0.6) is 0 Å². The van der Waals surface area contributed by atoms with E-state index < -0.39 is 18.3 Å². The second-order valence-corrected chi connectivity index (χ2v) is 4.44. The van der Waals surface area contributed by atoms with Gasteiger partial charge in [0, 0.05) is 19.6 Å². The third-order valence-corrected chi connectivity index (χ3v) is 3.19. The molecule has 0 saturated carbocycles.